The van der Waals surface area contributed by atoms with E-state index in [1.54, 1.807) is 25.5 Å². The Kier molecular flexibility index (Phi) is 5.66. The summed E-state index contributed by atoms with van der Waals surface area (Å²) in [6.45, 7) is 0.914. The standard InChI is InChI=1S/C18H17Cl2FN2O2/c1-24-17-9-16-12(7-18(17)25-6-2-5-19)10-22-11-23(16)13-3-4-15(21)14(20)8-13/h3-4,7-10H,2,5-6,11H2,1H3. The van der Waals surface area contributed by atoms with Gasteiger partial charge in [0, 0.05) is 29.4 Å². The molecule has 0 fully saturated rings. The van der Waals surface area contributed by atoms with E-state index < -0.39 is 5.82 Å². The van der Waals surface area contributed by atoms with Crippen molar-refractivity contribution in [2.75, 3.05) is 31.2 Å². The zero-order valence-electron chi connectivity index (χ0n) is 13.6. The lowest BCUT2D eigenvalue weighted by molar-refractivity contribution is 0.295. The van der Waals surface area contributed by atoms with Gasteiger partial charge in [-0.05, 0) is 30.7 Å². The lowest BCUT2D eigenvalue weighted by Gasteiger charge is -2.28. The van der Waals surface area contributed by atoms with Crippen molar-refractivity contribution in [3.8, 4) is 11.5 Å². The molecule has 132 valence electrons. The Labute approximate surface area is 155 Å². The van der Waals surface area contributed by atoms with Crippen molar-refractivity contribution in [2.24, 2.45) is 4.99 Å². The van der Waals surface area contributed by atoms with Crippen LogP contribution in [-0.4, -0.2) is 32.5 Å². The molecule has 4 nitrogen and oxygen atoms in total. The molecule has 0 saturated heterocycles. The first-order valence-corrected chi connectivity index (χ1v) is 8.68. The van der Waals surface area contributed by atoms with Gasteiger partial charge < -0.3 is 14.4 Å². The van der Waals surface area contributed by atoms with Crippen LogP contribution in [0.4, 0.5) is 15.8 Å². The summed E-state index contributed by atoms with van der Waals surface area (Å²) in [6, 6.07) is 8.36. The highest BCUT2D eigenvalue weighted by Crippen LogP contribution is 2.39. The number of hydrogen-bond donors (Lipinski definition) is 0. The molecule has 0 atom stereocenters. The van der Waals surface area contributed by atoms with E-state index in [9.17, 15) is 4.39 Å². The first-order valence-electron chi connectivity index (χ1n) is 7.77. The van der Waals surface area contributed by atoms with Gasteiger partial charge in [-0.25, -0.2) is 4.39 Å². The van der Waals surface area contributed by atoms with Crippen molar-refractivity contribution in [3.05, 3.63) is 46.7 Å². The van der Waals surface area contributed by atoms with E-state index in [1.165, 1.54) is 6.07 Å². The van der Waals surface area contributed by atoms with Crippen molar-refractivity contribution in [2.45, 2.75) is 6.42 Å². The van der Waals surface area contributed by atoms with Gasteiger partial charge in [0.25, 0.3) is 0 Å². The average Bonchev–Trinajstić information content (AvgIpc) is 2.63. The first-order chi connectivity index (χ1) is 12.1. The number of anilines is 2. The summed E-state index contributed by atoms with van der Waals surface area (Å²) in [7, 11) is 1.59. The number of nitrogens with zero attached hydrogens (tertiary/aromatic N) is 2. The van der Waals surface area contributed by atoms with Crippen LogP contribution in [0.15, 0.2) is 35.3 Å². The number of fused-ring (bicyclic) bond motifs is 1. The smallest absolute Gasteiger partial charge is 0.162 e. The number of halogens is 3. The maximum atomic E-state index is 13.5. The van der Waals surface area contributed by atoms with Crippen LogP contribution in [0.3, 0.4) is 0 Å². The Morgan fingerprint density at radius 2 is 2.08 bits per heavy atom. The maximum absolute atomic E-state index is 13.5. The second-order valence-corrected chi connectivity index (χ2v) is 6.22. The molecule has 1 heterocycles. The Morgan fingerprint density at radius 1 is 1.24 bits per heavy atom. The van der Waals surface area contributed by atoms with Crippen molar-refractivity contribution in [3.63, 3.8) is 0 Å². The van der Waals surface area contributed by atoms with Gasteiger partial charge in [0.2, 0.25) is 0 Å². The molecule has 0 aliphatic carbocycles. The molecule has 0 unspecified atom stereocenters. The number of benzene rings is 2. The SMILES string of the molecule is COc1cc2c(cc1OCCCCl)C=NCN2c1ccc(F)c(Cl)c1. The van der Waals surface area contributed by atoms with E-state index in [0.29, 0.717) is 30.7 Å². The molecule has 3 rings (SSSR count). The van der Waals surface area contributed by atoms with Crippen molar-refractivity contribution in [1.82, 2.24) is 0 Å². The van der Waals surface area contributed by atoms with Crippen LogP contribution in [0, 0.1) is 5.82 Å². The van der Waals surface area contributed by atoms with Gasteiger partial charge in [-0.15, -0.1) is 11.6 Å². The molecule has 1 aliphatic heterocycles. The van der Waals surface area contributed by atoms with Gasteiger partial charge in [0.1, 0.15) is 12.5 Å². The predicted molar refractivity (Wildman–Crippen MR) is 99.8 cm³/mol. The summed E-state index contributed by atoms with van der Waals surface area (Å²) < 4.78 is 24.7. The topological polar surface area (TPSA) is 34.1 Å². The lowest BCUT2D eigenvalue weighted by atomic mass is 10.1. The monoisotopic (exact) mass is 382 g/mol. The molecule has 7 heteroatoms. The molecule has 0 amide bonds. The lowest BCUT2D eigenvalue weighted by Crippen LogP contribution is -2.22. The number of methoxy groups -OCH3 is 1. The highest BCUT2D eigenvalue weighted by molar-refractivity contribution is 6.31. The molecule has 2 aromatic rings. The Bertz CT molecular complexity index is 799. The summed E-state index contributed by atoms with van der Waals surface area (Å²) in [6.07, 6.45) is 2.53. The molecular weight excluding hydrogens is 366 g/mol. The third kappa shape index (κ3) is 3.83. The van der Waals surface area contributed by atoms with E-state index >= 15 is 0 Å². The zero-order valence-corrected chi connectivity index (χ0v) is 15.1. The number of aliphatic imine (C=N–C) groups is 1. The van der Waals surface area contributed by atoms with Crippen LogP contribution in [-0.2, 0) is 0 Å². The van der Waals surface area contributed by atoms with E-state index in [0.717, 1.165) is 23.4 Å². The fraction of sp³-hybridized carbons (Fsp3) is 0.278. The molecule has 0 saturated carbocycles. The van der Waals surface area contributed by atoms with E-state index in [-0.39, 0.29) is 5.02 Å². The fourth-order valence-corrected chi connectivity index (χ4v) is 2.87. The molecular formula is C18H17Cl2FN2O2. The van der Waals surface area contributed by atoms with Crippen LogP contribution in [0.25, 0.3) is 0 Å². The van der Waals surface area contributed by atoms with Crippen molar-refractivity contribution < 1.29 is 13.9 Å². The van der Waals surface area contributed by atoms with E-state index in [2.05, 4.69) is 4.99 Å². The molecule has 0 radical (unpaired) electrons. The molecule has 1 aliphatic rings. The first kappa shape index (κ1) is 17.8. The number of rotatable bonds is 6. The van der Waals surface area contributed by atoms with Gasteiger partial charge in [-0.2, -0.15) is 0 Å². The largest absolute Gasteiger partial charge is 0.493 e. The minimum absolute atomic E-state index is 0.0709. The predicted octanol–water partition coefficient (Wildman–Crippen LogP) is 5.02. The second-order valence-electron chi connectivity index (χ2n) is 5.43. The molecule has 0 N–H and O–H groups in total. The Morgan fingerprint density at radius 3 is 2.80 bits per heavy atom. The number of alkyl halides is 1. The third-order valence-corrected chi connectivity index (χ3v) is 4.36. The second kappa shape index (κ2) is 7.93. The van der Waals surface area contributed by atoms with Crippen molar-refractivity contribution >= 4 is 40.8 Å². The van der Waals surface area contributed by atoms with E-state index in [1.807, 2.05) is 17.0 Å². The highest BCUT2D eigenvalue weighted by atomic mass is 35.5. The fourth-order valence-electron chi connectivity index (χ4n) is 2.58. The highest BCUT2D eigenvalue weighted by Gasteiger charge is 2.20. The molecule has 2 aromatic carbocycles. The van der Waals surface area contributed by atoms with Crippen molar-refractivity contribution in [1.29, 1.82) is 0 Å². The summed E-state index contributed by atoms with van der Waals surface area (Å²) >= 11 is 11.6. The van der Waals surface area contributed by atoms with Gasteiger partial charge in [-0.1, -0.05) is 11.6 Å². The molecule has 0 aromatic heterocycles. The summed E-state index contributed by atoms with van der Waals surface area (Å²) in [4.78, 5) is 6.30. The summed E-state index contributed by atoms with van der Waals surface area (Å²) in [5.41, 5.74) is 2.52. The minimum Gasteiger partial charge on any atom is -0.493 e. The minimum atomic E-state index is -0.452. The van der Waals surface area contributed by atoms with Crippen LogP contribution in [0.2, 0.25) is 5.02 Å². The Balaban J connectivity index is 1.97. The van der Waals surface area contributed by atoms with Crippen LogP contribution >= 0.6 is 23.2 Å². The average molecular weight is 383 g/mol. The quantitative estimate of drug-likeness (QED) is 0.519. The Hall–Kier alpha value is -1.98. The van der Waals surface area contributed by atoms with Gasteiger partial charge in [-0.3, -0.25) is 4.99 Å². The molecule has 0 bridgehead atoms. The van der Waals surface area contributed by atoms with E-state index in [4.69, 9.17) is 32.7 Å². The summed E-state index contributed by atoms with van der Waals surface area (Å²) in [5, 5.41) is 0.0709. The zero-order chi connectivity index (χ0) is 17.8. The number of hydrogen-bond acceptors (Lipinski definition) is 4. The van der Waals surface area contributed by atoms with Gasteiger partial charge in [0.05, 0.1) is 24.4 Å². The normalized spacial score (nSPS) is 12.9. The van der Waals surface area contributed by atoms with Gasteiger partial charge in [0.15, 0.2) is 11.5 Å². The van der Waals surface area contributed by atoms with Crippen LogP contribution in [0.5, 0.6) is 11.5 Å². The molecule has 0 spiro atoms. The van der Waals surface area contributed by atoms with Gasteiger partial charge >= 0.3 is 0 Å². The summed E-state index contributed by atoms with van der Waals surface area (Å²) in [5.74, 6) is 1.33. The van der Waals surface area contributed by atoms with Crippen LogP contribution < -0.4 is 14.4 Å². The third-order valence-electron chi connectivity index (χ3n) is 3.81. The molecule has 25 heavy (non-hydrogen) atoms. The van der Waals surface area contributed by atoms with Crippen LogP contribution in [0.1, 0.15) is 12.0 Å². The number of ether oxygens (including phenoxy) is 2. The maximum Gasteiger partial charge on any atom is 0.162 e.